The summed E-state index contributed by atoms with van der Waals surface area (Å²) in [4.78, 5) is 24.4. The van der Waals surface area contributed by atoms with Gasteiger partial charge in [-0.15, -0.1) is 0 Å². The first-order valence-corrected chi connectivity index (χ1v) is 12.4. The number of aliphatic hydroxyl groups excluding tert-OH is 3. The van der Waals surface area contributed by atoms with E-state index in [-0.39, 0.29) is 18.9 Å². The fraction of sp³-hybridized carbons (Fsp3) is 0.481. The van der Waals surface area contributed by atoms with Crippen molar-refractivity contribution in [2.24, 2.45) is 0 Å². The van der Waals surface area contributed by atoms with E-state index in [9.17, 15) is 30.0 Å². The zero-order valence-electron chi connectivity index (χ0n) is 20.7. The van der Waals surface area contributed by atoms with Gasteiger partial charge >= 0.3 is 5.97 Å². The number of hydrogen-bond acceptors (Lipinski definition) is 9. The molecule has 1 fully saturated rings. The van der Waals surface area contributed by atoms with E-state index >= 15 is 0 Å². The van der Waals surface area contributed by atoms with Gasteiger partial charge in [0.05, 0.1) is 5.56 Å². The van der Waals surface area contributed by atoms with Crippen LogP contribution in [0.5, 0.6) is 5.75 Å². The maximum absolute atomic E-state index is 12.9. The van der Waals surface area contributed by atoms with Gasteiger partial charge in [0.15, 0.2) is 18.2 Å². The Morgan fingerprint density at radius 1 is 1.00 bits per heavy atom. The number of carboxylic acid groups (broad SMARTS) is 1. The summed E-state index contributed by atoms with van der Waals surface area (Å²) in [6.45, 7) is 2.87. The van der Waals surface area contributed by atoms with Crippen LogP contribution in [0.4, 0.5) is 0 Å². The van der Waals surface area contributed by atoms with E-state index in [1.165, 1.54) is 0 Å². The van der Waals surface area contributed by atoms with Crippen molar-refractivity contribution in [2.45, 2.75) is 63.0 Å². The van der Waals surface area contributed by atoms with Gasteiger partial charge < -0.3 is 40.0 Å². The molecule has 202 valence electrons. The Kier molecular flexibility index (Phi) is 11.0. The van der Waals surface area contributed by atoms with Gasteiger partial charge in [0, 0.05) is 13.0 Å². The van der Waals surface area contributed by atoms with Crippen LogP contribution >= 0.6 is 0 Å². The van der Waals surface area contributed by atoms with Crippen molar-refractivity contribution in [3.63, 3.8) is 0 Å². The number of Topliss-reactive ketones (excluding diaryl/α,β-unsaturated/α-hetero) is 1. The van der Waals surface area contributed by atoms with Crippen LogP contribution in [0.1, 0.15) is 35.7 Å². The van der Waals surface area contributed by atoms with Crippen molar-refractivity contribution in [1.29, 1.82) is 0 Å². The lowest BCUT2D eigenvalue weighted by molar-refractivity contribution is -0.305. The number of carbonyl (C=O) groups is 2. The van der Waals surface area contributed by atoms with Gasteiger partial charge in [0.25, 0.3) is 0 Å². The number of benzene rings is 2. The summed E-state index contributed by atoms with van der Waals surface area (Å²) >= 11 is 0. The number of rotatable bonds is 14. The smallest absolute Gasteiger partial charge is 0.335 e. The van der Waals surface area contributed by atoms with E-state index in [0.29, 0.717) is 30.7 Å². The number of ketones is 1. The molecule has 2 aromatic carbocycles. The van der Waals surface area contributed by atoms with Crippen molar-refractivity contribution in [1.82, 2.24) is 5.32 Å². The molecule has 0 amide bonds. The third-order valence-corrected chi connectivity index (χ3v) is 6.03. The molecule has 2 aromatic rings. The number of aryl methyl sites for hydroxylation is 1. The molecule has 0 radical (unpaired) electrons. The zero-order valence-corrected chi connectivity index (χ0v) is 20.7. The average molecular weight is 518 g/mol. The van der Waals surface area contributed by atoms with Gasteiger partial charge in [-0.3, -0.25) is 4.79 Å². The molecule has 0 saturated carbocycles. The van der Waals surface area contributed by atoms with Crippen LogP contribution in [0.15, 0.2) is 54.6 Å². The van der Waals surface area contributed by atoms with Crippen molar-refractivity contribution in [3.05, 3.63) is 65.7 Å². The lowest BCUT2D eigenvalue weighted by Gasteiger charge is -2.39. The van der Waals surface area contributed by atoms with Crippen LogP contribution in [-0.2, 0) is 20.7 Å². The monoisotopic (exact) mass is 517 g/mol. The molecular formula is C27H35NO9. The minimum atomic E-state index is -1.81. The van der Waals surface area contributed by atoms with Crippen LogP contribution in [0.2, 0.25) is 0 Å². The summed E-state index contributed by atoms with van der Waals surface area (Å²) in [6.07, 6.45) is -7.53. The molecule has 3 rings (SSSR count). The number of hydrogen-bond donors (Lipinski definition) is 5. The summed E-state index contributed by atoms with van der Waals surface area (Å²) in [5.74, 6) is -1.20. The highest BCUT2D eigenvalue weighted by molar-refractivity contribution is 5.98. The Morgan fingerprint density at radius 3 is 2.41 bits per heavy atom. The lowest BCUT2D eigenvalue weighted by Crippen LogP contribution is -2.61. The van der Waals surface area contributed by atoms with Gasteiger partial charge in [-0.25, -0.2) is 4.79 Å². The van der Waals surface area contributed by atoms with E-state index in [1.54, 1.807) is 24.3 Å². The predicted molar refractivity (Wildman–Crippen MR) is 133 cm³/mol. The molecule has 1 saturated heterocycles. The number of carbonyl (C=O) groups excluding carboxylic acids is 1. The van der Waals surface area contributed by atoms with Gasteiger partial charge in [-0.2, -0.15) is 0 Å². The van der Waals surface area contributed by atoms with E-state index in [2.05, 4.69) is 5.32 Å². The first kappa shape index (κ1) is 28.7. The first-order chi connectivity index (χ1) is 17.8. The summed E-state index contributed by atoms with van der Waals surface area (Å²) < 4.78 is 17.0. The fourth-order valence-electron chi connectivity index (χ4n) is 3.98. The predicted octanol–water partition coefficient (Wildman–Crippen LogP) is 1.16. The number of nitrogens with one attached hydrogen (secondary N) is 1. The summed E-state index contributed by atoms with van der Waals surface area (Å²) in [6, 6.07) is 16.6. The quantitative estimate of drug-likeness (QED) is 0.182. The third kappa shape index (κ3) is 8.06. The number of carboxylic acids is 1. The molecule has 5 N–H and O–H groups in total. The SMILES string of the molecule is CCCNC[C@H](COc1ccccc1C(=O)CCc1ccccc1)O[C@@H]1O[C@H](C(=O)O)[C@@H](O)[C@H](O)[C@H]1O. The van der Waals surface area contributed by atoms with Crippen molar-refractivity contribution >= 4 is 11.8 Å². The molecule has 1 aliphatic rings. The van der Waals surface area contributed by atoms with Crippen molar-refractivity contribution in [3.8, 4) is 5.75 Å². The highest BCUT2D eigenvalue weighted by Crippen LogP contribution is 2.25. The summed E-state index contributed by atoms with van der Waals surface area (Å²) in [5.41, 5.74) is 1.49. The van der Waals surface area contributed by atoms with Crippen LogP contribution in [0.3, 0.4) is 0 Å². The molecule has 0 aromatic heterocycles. The van der Waals surface area contributed by atoms with Crippen LogP contribution in [0.25, 0.3) is 0 Å². The molecule has 1 aliphatic heterocycles. The van der Waals surface area contributed by atoms with Crippen molar-refractivity contribution in [2.75, 3.05) is 19.7 Å². The minimum absolute atomic E-state index is 0.0529. The number of ether oxygens (including phenoxy) is 3. The molecule has 0 spiro atoms. The van der Waals surface area contributed by atoms with Gasteiger partial charge in [0.1, 0.15) is 36.8 Å². The van der Waals surface area contributed by atoms with Crippen LogP contribution in [-0.4, -0.2) is 88.7 Å². The van der Waals surface area contributed by atoms with E-state index in [4.69, 9.17) is 14.2 Å². The lowest BCUT2D eigenvalue weighted by atomic mass is 9.99. The van der Waals surface area contributed by atoms with Gasteiger partial charge in [-0.1, -0.05) is 49.4 Å². The number of aliphatic carboxylic acids is 1. The second-order valence-electron chi connectivity index (χ2n) is 8.91. The molecule has 0 bridgehead atoms. The highest BCUT2D eigenvalue weighted by Gasteiger charge is 2.48. The third-order valence-electron chi connectivity index (χ3n) is 6.03. The number of aliphatic hydroxyl groups is 3. The molecule has 10 heteroatoms. The first-order valence-electron chi connectivity index (χ1n) is 12.4. The second-order valence-corrected chi connectivity index (χ2v) is 8.91. The molecular weight excluding hydrogens is 482 g/mol. The van der Waals surface area contributed by atoms with Crippen LogP contribution < -0.4 is 10.1 Å². The minimum Gasteiger partial charge on any atom is -0.490 e. The van der Waals surface area contributed by atoms with Crippen molar-refractivity contribution < 1.29 is 44.2 Å². The largest absolute Gasteiger partial charge is 0.490 e. The van der Waals surface area contributed by atoms with E-state index in [0.717, 1.165) is 12.0 Å². The Labute approximate surface area is 215 Å². The van der Waals surface area contributed by atoms with E-state index < -0.39 is 42.8 Å². The van der Waals surface area contributed by atoms with Gasteiger partial charge in [-0.05, 0) is 37.1 Å². The highest BCUT2D eigenvalue weighted by atomic mass is 16.7. The molecule has 10 nitrogen and oxygen atoms in total. The topological polar surface area (TPSA) is 155 Å². The summed E-state index contributed by atoms with van der Waals surface area (Å²) in [7, 11) is 0. The molecule has 1 heterocycles. The second kappa shape index (κ2) is 14.2. The molecule has 0 unspecified atom stereocenters. The fourth-order valence-corrected chi connectivity index (χ4v) is 3.98. The normalized spacial score (nSPS) is 24.4. The van der Waals surface area contributed by atoms with E-state index in [1.807, 2.05) is 37.3 Å². The maximum atomic E-state index is 12.9. The summed E-state index contributed by atoms with van der Waals surface area (Å²) in [5, 5.41) is 42.8. The maximum Gasteiger partial charge on any atom is 0.335 e. The zero-order chi connectivity index (χ0) is 26.8. The van der Waals surface area contributed by atoms with Crippen LogP contribution in [0, 0.1) is 0 Å². The number of para-hydroxylation sites is 1. The average Bonchev–Trinajstić information content (AvgIpc) is 2.91. The molecule has 6 atom stereocenters. The Balaban J connectivity index is 1.67. The molecule has 37 heavy (non-hydrogen) atoms. The Hall–Kier alpha value is -2.86. The Morgan fingerprint density at radius 2 is 1.70 bits per heavy atom. The molecule has 0 aliphatic carbocycles. The standard InChI is InChI=1S/C27H35NO9/c1-2-14-28-15-18(36-27-24(32)22(30)23(31)25(37-27)26(33)34)16-35-21-11-7-6-10-19(21)20(29)13-12-17-8-4-3-5-9-17/h3-11,18,22-25,27-28,30-32H,2,12-16H2,1H3,(H,33,34)/t18-,22+,23+,24-,25+,27-/m1/s1. The van der Waals surface area contributed by atoms with Gasteiger partial charge in [0.2, 0.25) is 0 Å². The Bertz CT molecular complexity index is 1000.